The zero-order valence-electron chi connectivity index (χ0n) is 15.3. The third-order valence-electron chi connectivity index (χ3n) is 4.03. The van der Waals surface area contributed by atoms with E-state index in [1.54, 1.807) is 42.5 Å². The van der Waals surface area contributed by atoms with Gasteiger partial charge in [-0.15, -0.1) is 0 Å². The van der Waals surface area contributed by atoms with Crippen LogP contribution < -0.4 is 16.8 Å². The second-order valence-corrected chi connectivity index (χ2v) is 7.10. The maximum Gasteiger partial charge on any atom is 0.273 e. The van der Waals surface area contributed by atoms with E-state index in [0.29, 0.717) is 28.5 Å². The molecule has 6 N–H and O–H groups in total. The van der Waals surface area contributed by atoms with Gasteiger partial charge >= 0.3 is 0 Å². The molecular formula is C20H19N5O3S. The molecule has 0 aliphatic carbocycles. The first-order valence-electron chi connectivity index (χ1n) is 8.70. The molecular weight excluding hydrogens is 390 g/mol. The van der Waals surface area contributed by atoms with E-state index in [2.05, 4.69) is 15.3 Å². The third kappa shape index (κ3) is 5.02. The van der Waals surface area contributed by atoms with Crippen LogP contribution in [0.15, 0.2) is 64.6 Å². The number of primary amides is 1. The van der Waals surface area contributed by atoms with Gasteiger partial charge in [-0.1, -0.05) is 42.1 Å². The van der Waals surface area contributed by atoms with Crippen LogP contribution in [0, 0.1) is 0 Å². The molecule has 9 heteroatoms. The summed E-state index contributed by atoms with van der Waals surface area (Å²) in [4.78, 5) is 33.0. The maximum atomic E-state index is 12.5. The van der Waals surface area contributed by atoms with E-state index < -0.39 is 11.8 Å². The lowest BCUT2D eigenvalue weighted by atomic mass is 10.1. The molecule has 0 saturated heterocycles. The molecule has 2 aromatic carbocycles. The number of aromatic nitrogens is 2. The standard InChI is InChI=1S/C20H19N5O3S/c21-18-17(20(28)23-10-9-12-5-1-3-7-14(12)26)25-16(11-24-18)29-15-8-4-2-6-13(15)19(22)27/h1-8,11,26H,9-10H2,(H2,21,24)(H2,22,27)(H,23,28). The van der Waals surface area contributed by atoms with E-state index in [4.69, 9.17) is 11.5 Å². The third-order valence-corrected chi connectivity index (χ3v) is 5.01. The van der Waals surface area contributed by atoms with Crippen molar-refractivity contribution >= 4 is 29.4 Å². The number of carbonyl (C=O) groups excluding carboxylic acids is 2. The summed E-state index contributed by atoms with van der Waals surface area (Å²) < 4.78 is 0. The summed E-state index contributed by atoms with van der Waals surface area (Å²) >= 11 is 1.16. The molecule has 3 aromatic rings. The Bertz CT molecular complexity index is 1060. The number of phenols is 1. The van der Waals surface area contributed by atoms with E-state index in [1.807, 2.05) is 6.07 Å². The Morgan fingerprint density at radius 2 is 1.83 bits per heavy atom. The van der Waals surface area contributed by atoms with Crippen molar-refractivity contribution in [3.05, 3.63) is 71.5 Å². The SMILES string of the molecule is NC(=O)c1ccccc1Sc1cnc(N)c(C(=O)NCCc2ccccc2O)n1. The van der Waals surface area contributed by atoms with Gasteiger partial charge in [0.05, 0.1) is 11.8 Å². The topological polar surface area (TPSA) is 144 Å². The number of amides is 2. The van der Waals surface area contributed by atoms with Gasteiger partial charge in [0.2, 0.25) is 5.91 Å². The molecule has 148 valence electrons. The van der Waals surface area contributed by atoms with Crippen LogP contribution in [-0.2, 0) is 6.42 Å². The van der Waals surface area contributed by atoms with Gasteiger partial charge in [-0.25, -0.2) is 9.97 Å². The highest BCUT2D eigenvalue weighted by Gasteiger charge is 2.16. The number of carbonyl (C=O) groups is 2. The van der Waals surface area contributed by atoms with Crippen molar-refractivity contribution in [2.75, 3.05) is 12.3 Å². The Kier molecular flexibility index (Phi) is 6.30. The summed E-state index contributed by atoms with van der Waals surface area (Å²) in [5.74, 6) is -0.861. The predicted octanol–water partition coefficient (Wildman–Crippen LogP) is 1.99. The number of nitrogen functional groups attached to an aromatic ring is 1. The molecule has 0 radical (unpaired) electrons. The quantitative estimate of drug-likeness (QED) is 0.467. The van der Waals surface area contributed by atoms with Crippen LogP contribution in [0.5, 0.6) is 5.75 Å². The van der Waals surface area contributed by atoms with Gasteiger partial charge in [0.15, 0.2) is 11.5 Å². The fourth-order valence-electron chi connectivity index (χ4n) is 2.59. The summed E-state index contributed by atoms with van der Waals surface area (Å²) in [6.45, 7) is 0.291. The number of aromatic hydroxyl groups is 1. The van der Waals surface area contributed by atoms with Crippen molar-refractivity contribution in [2.24, 2.45) is 5.73 Å². The molecule has 0 bridgehead atoms. The highest BCUT2D eigenvalue weighted by molar-refractivity contribution is 7.99. The minimum atomic E-state index is -0.557. The first-order chi connectivity index (χ1) is 14.0. The van der Waals surface area contributed by atoms with Gasteiger partial charge in [-0.3, -0.25) is 9.59 Å². The molecule has 8 nitrogen and oxygen atoms in total. The fourth-order valence-corrected chi connectivity index (χ4v) is 3.48. The lowest BCUT2D eigenvalue weighted by Gasteiger charge is -2.09. The number of hydrogen-bond donors (Lipinski definition) is 4. The first kappa shape index (κ1) is 20.2. The van der Waals surface area contributed by atoms with Crippen LogP contribution in [0.25, 0.3) is 0 Å². The Labute approximate surface area is 171 Å². The Balaban J connectivity index is 1.71. The van der Waals surface area contributed by atoms with E-state index in [1.165, 1.54) is 6.20 Å². The van der Waals surface area contributed by atoms with E-state index in [9.17, 15) is 14.7 Å². The summed E-state index contributed by atoms with van der Waals surface area (Å²) in [5, 5.41) is 12.9. The zero-order valence-corrected chi connectivity index (χ0v) is 16.1. The van der Waals surface area contributed by atoms with E-state index >= 15 is 0 Å². The normalized spacial score (nSPS) is 10.5. The molecule has 0 spiro atoms. The van der Waals surface area contributed by atoms with Gasteiger partial charge in [-0.05, 0) is 30.2 Å². The Hall–Kier alpha value is -3.59. The highest BCUT2D eigenvalue weighted by Crippen LogP contribution is 2.29. The van der Waals surface area contributed by atoms with Crippen molar-refractivity contribution in [1.82, 2.24) is 15.3 Å². The van der Waals surface area contributed by atoms with Crippen molar-refractivity contribution < 1.29 is 14.7 Å². The minimum Gasteiger partial charge on any atom is -0.508 e. The number of hydrogen-bond acceptors (Lipinski definition) is 7. The van der Waals surface area contributed by atoms with Crippen LogP contribution in [0.1, 0.15) is 26.4 Å². The first-order valence-corrected chi connectivity index (χ1v) is 9.51. The molecule has 1 aromatic heterocycles. The lowest BCUT2D eigenvalue weighted by molar-refractivity contribution is 0.0947. The van der Waals surface area contributed by atoms with Crippen molar-refractivity contribution in [3.63, 3.8) is 0 Å². The number of phenolic OH excluding ortho intramolecular Hbond substituents is 1. The molecule has 0 aliphatic rings. The number of nitrogens with one attached hydrogen (secondary N) is 1. The number of anilines is 1. The minimum absolute atomic E-state index is 0.00223. The number of para-hydroxylation sites is 1. The summed E-state index contributed by atoms with van der Waals surface area (Å²) in [6, 6.07) is 13.7. The van der Waals surface area contributed by atoms with E-state index in [-0.39, 0.29) is 17.3 Å². The van der Waals surface area contributed by atoms with Crippen molar-refractivity contribution in [2.45, 2.75) is 16.3 Å². The molecule has 0 atom stereocenters. The molecule has 0 saturated carbocycles. The zero-order chi connectivity index (χ0) is 20.8. The van der Waals surface area contributed by atoms with Crippen LogP contribution in [0.2, 0.25) is 0 Å². The van der Waals surface area contributed by atoms with Gasteiger partial charge in [0, 0.05) is 11.4 Å². The largest absolute Gasteiger partial charge is 0.508 e. The number of nitrogens with two attached hydrogens (primary N) is 2. The molecule has 29 heavy (non-hydrogen) atoms. The maximum absolute atomic E-state index is 12.5. The van der Waals surface area contributed by atoms with Crippen LogP contribution >= 0.6 is 11.8 Å². The second kappa shape index (κ2) is 9.07. The van der Waals surface area contributed by atoms with Gasteiger partial charge in [-0.2, -0.15) is 0 Å². The fraction of sp³-hybridized carbons (Fsp3) is 0.100. The predicted molar refractivity (Wildman–Crippen MR) is 110 cm³/mol. The van der Waals surface area contributed by atoms with Gasteiger partial charge < -0.3 is 21.9 Å². The average molecular weight is 409 g/mol. The molecule has 0 aliphatic heterocycles. The van der Waals surface area contributed by atoms with Gasteiger partial charge in [0.1, 0.15) is 10.8 Å². The number of rotatable bonds is 7. The molecule has 0 fully saturated rings. The molecule has 2 amide bonds. The van der Waals surface area contributed by atoms with E-state index in [0.717, 1.165) is 17.3 Å². The summed E-state index contributed by atoms with van der Waals surface area (Å²) in [7, 11) is 0. The highest BCUT2D eigenvalue weighted by atomic mass is 32.2. The summed E-state index contributed by atoms with van der Waals surface area (Å²) in [5.41, 5.74) is 12.3. The molecule has 0 unspecified atom stereocenters. The van der Waals surface area contributed by atoms with Crippen molar-refractivity contribution in [1.29, 1.82) is 0 Å². The van der Waals surface area contributed by atoms with Crippen molar-refractivity contribution in [3.8, 4) is 5.75 Å². The number of nitrogens with zero attached hydrogens (tertiary/aromatic N) is 2. The molecule has 3 rings (SSSR count). The van der Waals surface area contributed by atoms with Crippen LogP contribution in [0.4, 0.5) is 5.82 Å². The smallest absolute Gasteiger partial charge is 0.273 e. The second-order valence-electron chi connectivity index (χ2n) is 6.04. The average Bonchev–Trinajstić information content (AvgIpc) is 2.71. The summed E-state index contributed by atoms with van der Waals surface area (Å²) in [6.07, 6.45) is 1.88. The Morgan fingerprint density at radius 1 is 1.10 bits per heavy atom. The Morgan fingerprint density at radius 3 is 2.59 bits per heavy atom. The van der Waals surface area contributed by atoms with Crippen LogP contribution in [-0.4, -0.2) is 33.4 Å². The van der Waals surface area contributed by atoms with Gasteiger partial charge in [0.25, 0.3) is 5.91 Å². The monoisotopic (exact) mass is 409 g/mol. The van der Waals surface area contributed by atoms with Crippen LogP contribution in [0.3, 0.4) is 0 Å². The number of benzene rings is 2. The lowest BCUT2D eigenvalue weighted by Crippen LogP contribution is -2.28. The molecule has 1 heterocycles.